The highest BCUT2D eigenvalue weighted by Crippen LogP contribution is 2.75. The second kappa shape index (κ2) is 2.54. The molecule has 0 aromatic rings. The lowest BCUT2D eigenvalue weighted by atomic mass is 9.50. The monoisotopic (exact) mass is 212 g/mol. The Morgan fingerprint density at radius 3 is 1.93 bits per heavy atom. The second-order valence-electron chi connectivity index (χ2n) is 5.63. The molecule has 0 aromatic carbocycles. The van der Waals surface area contributed by atoms with Crippen LogP contribution in [0.1, 0.15) is 27.2 Å². The first-order chi connectivity index (χ1) is 6.73. The quantitative estimate of drug-likeness (QED) is 0.726. The summed E-state index contributed by atoms with van der Waals surface area (Å²) >= 11 is 0. The number of carboxylic acid groups (broad SMARTS) is 2. The number of aliphatic carboxylic acids is 2. The molecule has 84 valence electrons. The minimum atomic E-state index is -0.960. The van der Waals surface area contributed by atoms with Crippen LogP contribution in [0.2, 0.25) is 0 Å². The molecule has 3 fully saturated rings. The highest BCUT2D eigenvalue weighted by atomic mass is 16.4. The van der Waals surface area contributed by atoms with Gasteiger partial charge in [0, 0.05) is 0 Å². The number of fused-ring (bicyclic) bond motifs is 1. The van der Waals surface area contributed by atoms with E-state index in [0.717, 1.165) is 6.42 Å². The van der Waals surface area contributed by atoms with Crippen LogP contribution in [0.3, 0.4) is 0 Å². The molecule has 4 heteroatoms. The summed E-state index contributed by atoms with van der Waals surface area (Å²) in [5.41, 5.74) is -0.522. The lowest BCUT2D eigenvalue weighted by molar-refractivity contribution is -0.154. The average molecular weight is 212 g/mol. The topological polar surface area (TPSA) is 74.6 Å². The van der Waals surface area contributed by atoms with E-state index in [1.807, 2.05) is 20.8 Å². The van der Waals surface area contributed by atoms with Crippen LogP contribution >= 0.6 is 0 Å². The van der Waals surface area contributed by atoms with E-state index in [0.29, 0.717) is 0 Å². The van der Waals surface area contributed by atoms with Crippen molar-refractivity contribution in [3.63, 3.8) is 0 Å². The molecule has 0 amide bonds. The van der Waals surface area contributed by atoms with Gasteiger partial charge >= 0.3 is 11.9 Å². The van der Waals surface area contributed by atoms with E-state index < -0.39 is 23.8 Å². The van der Waals surface area contributed by atoms with Gasteiger partial charge in [-0.15, -0.1) is 0 Å². The first-order valence-corrected chi connectivity index (χ1v) is 5.19. The van der Waals surface area contributed by atoms with Crippen molar-refractivity contribution in [1.82, 2.24) is 0 Å². The van der Waals surface area contributed by atoms with Crippen LogP contribution in [0.25, 0.3) is 0 Å². The maximum atomic E-state index is 11.2. The molecule has 3 rings (SSSR count). The summed E-state index contributed by atoms with van der Waals surface area (Å²) in [7, 11) is 0. The fraction of sp³-hybridized carbons (Fsp3) is 0.818. The van der Waals surface area contributed by atoms with Crippen molar-refractivity contribution >= 4 is 11.9 Å². The Morgan fingerprint density at radius 1 is 1.13 bits per heavy atom. The van der Waals surface area contributed by atoms with E-state index in [1.165, 1.54) is 0 Å². The fourth-order valence-electron chi connectivity index (χ4n) is 3.74. The molecule has 0 aliphatic heterocycles. The molecule has 4 atom stereocenters. The molecule has 2 bridgehead atoms. The predicted octanol–water partition coefficient (Wildman–Crippen LogP) is 1.45. The lowest BCUT2D eigenvalue weighted by Crippen LogP contribution is -2.49. The fourth-order valence-corrected chi connectivity index (χ4v) is 3.74. The Hall–Kier alpha value is -1.06. The van der Waals surface area contributed by atoms with Crippen molar-refractivity contribution in [2.24, 2.45) is 28.6 Å². The van der Waals surface area contributed by atoms with Gasteiger partial charge in [0.2, 0.25) is 0 Å². The van der Waals surface area contributed by atoms with Gasteiger partial charge in [0.05, 0.1) is 11.8 Å². The zero-order valence-corrected chi connectivity index (χ0v) is 9.15. The zero-order valence-electron chi connectivity index (χ0n) is 9.15. The minimum Gasteiger partial charge on any atom is -0.481 e. The summed E-state index contributed by atoms with van der Waals surface area (Å²) in [5.74, 6) is -3.33. The Kier molecular flexibility index (Phi) is 1.77. The summed E-state index contributed by atoms with van der Waals surface area (Å²) in [6.45, 7) is 5.88. The maximum Gasteiger partial charge on any atom is 0.307 e. The summed E-state index contributed by atoms with van der Waals surface area (Å²) in [5, 5.41) is 18.3. The SMILES string of the molecule is CC1(C)C2CC1(C)C(C(=O)O)C2C(=O)O. The molecule has 3 saturated carbocycles. The second-order valence-corrected chi connectivity index (χ2v) is 5.63. The predicted molar refractivity (Wildman–Crippen MR) is 52.2 cm³/mol. The molecule has 4 unspecified atom stereocenters. The Morgan fingerprint density at radius 2 is 1.67 bits per heavy atom. The Balaban J connectivity index is 2.45. The van der Waals surface area contributed by atoms with Crippen LogP contribution in [0.4, 0.5) is 0 Å². The van der Waals surface area contributed by atoms with Crippen LogP contribution in [0, 0.1) is 28.6 Å². The largest absolute Gasteiger partial charge is 0.481 e. The van der Waals surface area contributed by atoms with E-state index in [2.05, 4.69) is 0 Å². The third kappa shape index (κ3) is 0.924. The zero-order chi connectivity index (χ0) is 11.6. The van der Waals surface area contributed by atoms with Gasteiger partial charge in [-0.2, -0.15) is 0 Å². The van der Waals surface area contributed by atoms with E-state index in [4.69, 9.17) is 10.2 Å². The third-order valence-electron chi connectivity index (χ3n) is 5.07. The highest BCUT2D eigenvalue weighted by Gasteiger charge is 2.75. The van der Waals surface area contributed by atoms with Crippen LogP contribution < -0.4 is 0 Å². The summed E-state index contributed by atoms with van der Waals surface area (Å²) in [6, 6.07) is 0. The first-order valence-electron chi connectivity index (χ1n) is 5.19. The molecule has 3 aliphatic rings. The van der Waals surface area contributed by atoms with Gasteiger partial charge in [-0.25, -0.2) is 0 Å². The standard InChI is InChI=1S/C11H16O4/c1-10(2)5-4-11(10,3)7(9(14)15)6(5)8(12)13/h5-7H,4H2,1-3H3,(H,12,13)(H,14,15). The average Bonchev–Trinajstić information content (AvgIpc) is 2.49. The normalized spacial score (nSPS) is 45.9. The number of hydrogen-bond acceptors (Lipinski definition) is 2. The number of carbonyl (C=O) groups is 2. The summed E-state index contributed by atoms with van der Waals surface area (Å²) in [4.78, 5) is 22.3. The maximum absolute atomic E-state index is 11.2. The lowest BCUT2D eigenvalue weighted by Gasteiger charge is -2.54. The number of carboxylic acids is 2. The van der Waals surface area contributed by atoms with E-state index in [1.54, 1.807) is 0 Å². The van der Waals surface area contributed by atoms with Crippen LogP contribution in [0.5, 0.6) is 0 Å². The molecule has 0 heterocycles. The molecule has 0 saturated heterocycles. The van der Waals surface area contributed by atoms with Crippen molar-refractivity contribution in [2.45, 2.75) is 27.2 Å². The van der Waals surface area contributed by atoms with Gasteiger partial charge in [-0.3, -0.25) is 9.59 Å². The van der Waals surface area contributed by atoms with Crippen LogP contribution in [0.15, 0.2) is 0 Å². The Labute approximate surface area is 88.3 Å². The number of hydrogen-bond donors (Lipinski definition) is 2. The first kappa shape index (κ1) is 10.5. The molecule has 2 N–H and O–H groups in total. The molecule has 0 spiro atoms. The summed E-state index contributed by atoms with van der Waals surface area (Å²) in [6.07, 6.45) is 0.730. The Bertz CT molecular complexity index is 346. The van der Waals surface area contributed by atoms with Gasteiger partial charge in [-0.05, 0) is 23.2 Å². The van der Waals surface area contributed by atoms with Gasteiger partial charge in [0.25, 0.3) is 0 Å². The van der Waals surface area contributed by atoms with E-state index in [9.17, 15) is 9.59 Å². The van der Waals surface area contributed by atoms with Crippen molar-refractivity contribution < 1.29 is 19.8 Å². The minimum absolute atomic E-state index is 0.0149. The van der Waals surface area contributed by atoms with E-state index in [-0.39, 0.29) is 16.7 Å². The van der Waals surface area contributed by atoms with Crippen LogP contribution in [-0.4, -0.2) is 22.2 Å². The van der Waals surface area contributed by atoms with Gasteiger partial charge in [-0.1, -0.05) is 20.8 Å². The molecule has 3 aliphatic carbocycles. The smallest absolute Gasteiger partial charge is 0.307 e. The van der Waals surface area contributed by atoms with E-state index >= 15 is 0 Å². The summed E-state index contributed by atoms with van der Waals surface area (Å²) < 4.78 is 0. The molecular weight excluding hydrogens is 196 g/mol. The van der Waals surface area contributed by atoms with Gasteiger partial charge in [0.1, 0.15) is 0 Å². The number of rotatable bonds is 2. The molecular formula is C11H16O4. The van der Waals surface area contributed by atoms with Gasteiger partial charge in [0.15, 0.2) is 0 Å². The molecule has 4 nitrogen and oxygen atoms in total. The molecule has 15 heavy (non-hydrogen) atoms. The van der Waals surface area contributed by atoms with Crippen LogP contribution in [-0.2, 0) is 9.59 Å². The van der Waals surface area contributed by atoms with Crippen molar-refractivity contribution in [1.29, 1.82) is 0 Å². The van der Waals surface area contributed by atoms with Crippen molar-refractivity contribution in [2.75, 3.05) is 0 Å². The third-order valence-corrected chi connectivity index (χ3v) is 5.07. The molecule has 0 radical (unpaired) electrons. The van der Waals surface area contributed by atoms with Gasteiger partial charge < -0.3 is 10.2 Å². The van der Waals surface area contributed by atoms with Crippen molar-refractivity contribution in [3.8, 4) is 0 Å². The molecule has 0 aromatic heterocycles. The highest BCUT2D eigenvalue weighted by molar-refractivity contribution is 5.83. The van der Waals surface area contributed by atoms with Crippen molar-refractivity contribution in [3.05, 3.63) is 0 Å².